The predicted octanol–water partition coefficient (Wildman–Crippen LogP) is 4.24. The Morgan fingerprint density at radius 2 is 1.57 bits per heavy atom. The standard InChI is InChI=1S/C19H27NO/c1-13(21)20-17-9-10-18(20)12-15(11-17)14-5-7-16(8-6-14)19(2,3)4/h5-8,15,17-18H,9-12H2,1-4H3. The third-order valence-corrected chi connectivity index (χ3v) is 5.34. The van der Waals surface area contributed by atoms with E-state index in [0.717, 1.165) is 12.8 Å². The second kappa shape index (κ2) is 5.15. The zero-order valence-corrected chi connectivity index (χ0v) is 13.7. The second-order valence-electron chi connectivity index (χ2n) is 7.85. The van der Waals surface area contributed by atoms with Crippen molar-refractivity contribution in [2.45, 2.75) is 76.8 Å². The lowest BCUT2D eigenvalue weighted by molar-refractivity contribution is -0.133. The summed E-state index contributed by atoms with van der Waals surface area (Å²) in [6, 6.07) is 10.2. The van der Waals surface area contributed by atoms with Crippen LogP contribution in [0.25, 0.3) is 0 Å². The fraction of sp³-hybridized carbons (Fsp3) is 0.632. The van der Waals surface area contributed by atoms with Crippen LogP contribution in [0.5, 0.6) is 0 Å². The van der Waals surface area contributed by atoms with Crippen LogP contribution in [-0.2, 0) is 10.2 Å². The molecule has 114 valence electrons. The minimum atomic E-state index is 0.218. The molecule has 3 rings (SSSR count). The van der Waals surface area contributed by atoms with Gasteiger partial charge in [0.15, 0.2) is 0 Å². The molecule has 2 heteroatoms. The topological polar surface area (TPSA) is 20.3 Å². The first-order valence-corrected chi connectivity index (χ1v) is 8.25. The molecule has 1 amide bonds. The molecule has 2 atom stereocenters. The van der Waals surface area contributed by atoms with Gasteiger partial charge in [-0.3, -0.25) is 4.79 Å². The first-order chi connectivity index (χ1) is 9.86. The minimum absolute atomic E-state index is 0.218. The Bertz CT molecular complexity index is 511. The molecule has 2 aliphatic rings. The molecular weight excluding hydrogens is 258 g/mol. The molecule has 0 aliphatic carbocycles. The molecule has 1 aromatic rings. The zero-order chi connectivity index (χ0) is 15.2. The van der Waals surface area contributed by atoms with Crippen molar-refractivity contribution >= 4 is 5.91 Å². The number of carbonyl (C=O) groups excluding carboxylic acids is 1. The summed E-state index contributed by atoms with van der Waals surface area (Å²) in [5.41, 5.74) is 3.08. The van der Waals surface area contributed by atoms with E-state index in [9.17, 15) is 4.79 Å². The smallest absolute Gasteiger partial charge is 0.219 e. The van der Waals surface area contributed by atoms with Crippen molar-refractivity contribution < 1.29 is 4.79 Å². The number of hydrogen-bond donors (Lipinski definition) is 0. The number of amides is 1. The van der Waals surface area contributed by atoms with Gasteiger partial charge in [-0.05, 0) is 48.1 Å². The zero-order valence-electron chi connectivity index (χ0n) is 13.7. The van der Waals surface area contributed by atoms with E-state index in [1.54, 1.807) is 6.92 Å². The third-order valence-electron chi connectivity index (χ3n) is 5.34. The van der Waals surface area contributed by atoms with Gasteiger partial charge in [0.2, 0.25) is 5.91 Å². The summed E-state index contributed by atoms with van der Waals surface area (Å²) in [5.74, 6) is 0.899. The van der Waals surface area contributed by atoms with Gasteiger partial charge in [0.1, 0.15) is 0 Å². The van der Waals surface area contributed by atoms with Crippen LogP contribution in [0.15, 0.2) is 24.3 Å². The van der Waals surface area contributed by atoms with Crippen molar-refractivity contribution in [3.8, 4) is 0 Å². The van der Waals surface area contributed by atoms with Crippen LogP contribution in [0.1, 0.15) is 70.4 Å². The van der Waals surface area contributed by atoms with Gasteiger partial charge in [-0.15, -0.1) is 0 Å². The highest BCUT2D eigenvalue weighted by atomic mass is 16.2. The molecule has 21 heavy (non-hydrogen) atoms. The molecule has 0 aromatic heterocycles. The van der Waals surface area contributed by atoms with Gasteiger partial charge >= 0.3 is 0 Å². The highest BCUT2D eigenvalue weighted by Gasteiger charge is 2.42. The van der Waals surface area contributed by atoms with Gasteiger partial charge in [0.05, 0.1) is 0 Å². The molecule has 2 aliphatic heterocycles. The Kier molecular flexibility index (Phi) is 3.59. The Morgan fingerprint density at radius 1 is 1.05 bits per heavy atom. The number of rotatable bonds is 1. The summed E-state index contributed by atoms with van der Waals surface area (Å²) in [7, 11) is 0. The summed E-state index contributed by atoms with van der Waals surface area (Å²) >= 11 is 0. The molecule has 0 N–H and O–H groups in total. The van der Waals surface area contributed by atoms with E-state index >= 15 is 0 Å². The molecule has 2 nitrogen and oxygen atoms in total. The van der Waals surface area contributed by atoms with Crippen LogP contribution in [-0.4, -0.2) is 22.9 Å². The van der Waals surface area contributed by atoms with Crippen molar-refractivity contribution in [1.29, 1.82) is 0 Å². The Morgan fingerprint density at radius 3 is 2.00 bits per heavy atom. The largest absolute Gasteiger partial charge is 0.337 e. The van der Waals surface area contributed by atoms with Crippen molar-refractivity contribution in [3.05, 3.63) is 35.4 Å². The molecule has 0 spiro atoms. The maximum Gasteiger partial charge on any atom is 0.219 e. The Labute approximate surface area is 128 Å². The van der Waals surface area contributed by atoms with E-state index in [1.165, 1.54) is 24.0 Å². The fourth-order valence-electron chi connectivity index (χ4n) is 4.22. The van der Waals surface area contributed by atoms with Gasteiger partial charge < -0.3 is 4.90 Å². The normalized spacial score (nSPS) is 28.8. The lowest BCUT2D eigenvalue weighted by atomic mass is 9.82. The molecule has 1 aromatic carbocycles. The first-order valence-electron chi connectivity index (χ1n) is 8.25. The maximum atomic E-state index is 11.8. The highest BCUT2D eigenvalue weighted by Crippen LogP contribution is 2.43. The monoisotopic (exact) mass is 285 g/mol. The maximum absolute atomic E-state index is 11.8. The van der Waals surface area contributed by atoms with E-state index in [-0.39, 0.29) is 11.3 Å². The number of piperidine rings is 1. The van der Waals surface area contributed by atoms with Gasteiger partial charge in [0, 0.05) is 19.0 Å². The van der Waals surface area contributed by atoms with Crippen molar-refractivity contribution in [3.63, 3.8) is 0 Å². The number of benzene rings is 1. The summed E-state index contributed by atoms with van der Waals surface area (Å²) < 4.78 is 0. The van der Waals surface area contributed by atoms with Crippen LogP contribution in [0.3, 0.4) is 0 Å². The molecular formula is C19H27NO. The molecule has 0 radical (unpaired) electrons. The molecule has 2 unspecified atom stereocenters. The molecule has 2 bridgehead atoms. The molecule has 2 heterocycles. The van der Waals surface area contributed by atoms with E-state index in [2.05, 4.69) is 49.9 Å². The van der Waals surface area contributed by atoms with E-state index < -0.39 is 0 Å². The van der Waals surface area contributed by atoms with Crippen LogP contribution in [0, 0.1) is 0 Å². The summed E-state index contributed by atoms with van der Waals surface area (Å²) in [6.07, 6.45) is 4.68. The van der Waals surface area contributed by atoms with E-state index in [1.807, 2.05) is 0 Å². The quantitative estimate of drug-likeness (QED) is 0.755. The Hall–Kier alpha value is -1.31. The van der Waals surface area contributed by atoms with Gasteiger partial charge in [0.25, 0.3) is 0 Å². The van der Waals surface area contributed by atoms with Crippen molar-refractivity contribution in [2.24, 2.45) is 0 Å². The number of fused-ring (bicyclic) bond motifs is 2. The number of hydrogen-bond acceptors (Lipinski definition) is 1. The SMILES string of the molecule is CC(=O)N1C2CCC1CC(c1ccc(C(C)(C)C)cc1)C2. The average molecular weight is 285 g/mol. The predicted molar refractivity (Wildman–Crippen MR) is 86.4 cm³/mol. The number of nitrogens with zero attached hydrogens (tertiary/aromatic N) is 1. The second-order valence-corrected chi connectivity index (χ2v) is 7.85. The molecule has 0 saturated carbocycles. The van der Waals surface area contributed by atoms with Crippen LogP contribution in [0.4, 0.5) is 0 Å². The van der Waals surface area contributed by atoms with Gasteiger partial charge in [-0.25, -0.2) is 0 Å². The third kappa shape index (κ3) is 2.73. The van der Waals surface area contributed by atoms with Gasteiger partial charge in [-0.1, -0.05) is 45.0 Å². The molecule has 2 saturated heterocycles. The lowest BCUT2D eigenvalue weighted by Gasteiger charge is -2.38. The summed E-state index contributed by atoms with van der Waals surface area (Å²) in [5, 5.41) is 0. The van der Waals surface area contributed by atoms with Crippen molar-refractivity contribution in [2.75, 3.05) is 0 Å². The van der Waals surface area contributed by atoms with E-state index in [0.29, 0.717) is 18.0 Å². The first kappa shape index (κ1) is 14.6. The van der Waals surface area contributed by atoms with Crippen LogP contribution < -0.4 is 0 Å². The Balaban J connectivity index is 1.76. The molecule has 2 fully saturated rings. The lowest BCUT2D eigenvalue weighted by Crippen LogP contribution is -2.44. The minimum Gasteiger partial charge on any atom is -0.337 e. The fourth-order valence-corrected chi connectivity index (χ4v) is 4.22. The van der Waals surface area contributed by atoms with E-state index in [4.69, 9.17) is 0 Å². The van der Waals surface area contributed by atoms with Crippen molar-refractivity contribution in [1.82, 2.24) is 4.90 Å². The summed E-state index contributed by atoms with van der Waals surface area (Å²) in [6.45, 7) is 8.50. The van der Waals surface area contributed by atoms with Gasteiger partial charge in [-0.2, -0.15) is 0 Å². The highest BCUT2D eigenvalue weighted by molar-refractivity contribution is 5.74. The summed E-state index contributed by atoms with van der Waals surface area (Å²) in [4.78, 5) is 13.9. The average Bonchev–Trinajstić information content (AvgIpc) is 2.69. The van der Waals surface area contributed by atoms with Crippen LogP contribution in [0.2, 0.25) is 0 Å². The van der Waals surface area contributed by atoms with Crippen LogP contribution >= 0.6 is 0 Å². The number of carbonyl (C=O) groups is 1.